The molecule has 1 amide bonds. The van der Waals surface area contributed by atoms with E-state index in [1.54, 1.807) is 7.11 Å². The van der Waals surface area contributed by atoms with Gasteiger partial charge in [-0.25, -0.2) is 0 Å². The minimum atomic E-state index is 0.00410. The van der Waals surface area contributed by atoms with Crippen LogP contribution in [-0.4, -0.2) is 55.9 Å². The van der Waals surface area contributed by atoms with Gasteiger partial charge >= 0.3 is 0 Å². The molecule has 5 nitrogen and oxygen atoms in total. The summed E-state index contributed by atoms with van der Waals surface area (Å²) in [6.45, 7) is 1.28. The van der Waals surface area contributed by atoms with Gasteiger partial charge in [0.1, 0.15) is 11.9 Å². The minimum Gasteiger partial charge on any atom is -0.484 e. The lowest BCUT2D eigenvalue weighted by atomic mass is 10.1. The van der Waals surface area contributed by atoms with Crippen molar-refractivity contribution in [3.8, 4) is 5.75 Å². The number of hydrogen-bond acceptors (Lipinski definition) is 4. The van der Waals surface area contributed by atoms with Crippen LogP contribution in [0.5, 0.6) is 5.75 Å². The van der Waals surface area contributed by atoms with E-state index in [9.17, 15) is 4.79 Å². The first-order valence-electron chi connectivity index (χ1n) is 7.41. The Morgan fingerprint density at radius 2 is 2.14 bits per heavy atom. The third-order valence-electron chi connectivity index (χ3n) is 4.26. The predicted octanol–water partition coefficient (Wildman–Crippen LogP) is 1.47. The van der Waals surface area contributed by atoms with Crippen LogP contribution in [0.1, 0.15) is 12.8 Å². The number of ether oxygens (including phenoxy) is 3. The van der Waals surface area contributed by atoms with Crippen molar-refractivity contribution in [1.29, 1.82) is 0 Å². The topological polar surface area (TPSA) is 48.0 Å². The van der Waals surface area contributed by atoms with Gasteiger partial charge in [0.05, 0.1) is 18.8 Å². The molecule has 1 aliphatic carbocycles. The molecule has 2 aliphatic rings. The van der Waals surface area contributed by atoms with Crippen LogP contribution in [0.25, 0.3) is 0 Å². The van der Waals surface area contributed by atoms with E-state index in [2.05, 4.69) is 0 Å². The fraction of sp³-hybridized carbons (Fsp3) is 0.562. The Kier molecular flexibility index (Phi) is 4.41. The zero-order valence-electron chi connectivity index (χ0n) is 12.2. The Labute approximate surface area is 124 Å². The second-order valence-corrected chi connectivity index (χ2v) is 5.44. The van der Waals surface area contributed by atoms with Crippen LogP contribution in [0.3, 0.4) is 0 Å². The number of methoxy groups -OCH3 is 1. The Hall–Kier alpha value is -1.59. The van der Waals surface area contributed by atoms with Crippen molar-refractivity contribution in [2.45, 2.75) is 31.1 Å². The van der Waals surface area contributed by atoms with E-state index < -0.39 is 0 Å². The molecule has 0 radical (unpaired) electrons. The Morgan fingerprint density at radius 1 is 1.33 bits per heavy atom. The summed E-state index contributed by atoms with van der Waals surface area (Å²) in [5.74, 6) is 0.741. The molecule has 1 saturated heterocycles. The molecule has 1 heterocycles. The average molecular weight is 291 g/mol. The molecule has 2 fully saturated rings. The molecular weight excluding hydrogens is 270 g/mol. The summed E-state index contributed by atoms with van der Waals surface area (Å²) >= 11 is 0. The SMILES string of the molecule is CO[C@@H]1CC[C@H]2[C@H]1OCCN2C(=O)COc1ccccc1. The fourth-order valence-electron chi connectivity index (χ4n) is 3.22. The van der Waals surface area contributed by atoms with Gasteiger partial charge in [0, 0.05) is 13.7 Å². The lowest BCUT2D eigenvalue weighted by Crippen LogP contribution is -2.54. The summed E-state index contributed by atoms with van der Waals surface area (Å²) in [5.41, 5.74) is 0. The molecular formula is C16H21NO4. The lowest BCUT2D eigenvalue weighted by molar-refractivity contribution is -0.151. The van der Waals surface area contributed by atoms with Crippen LogP contribution in [-0.2, 0) is 14.3 Å². The standard InChI is InChI=1S/C16H21NO4/c1-19-14-8-7-13-16(14)20-10-9-17(13)15(18)11-21-12-5-3-2-4-6-12/h2-6,13-14,16H,7-11H2,1H3/t13-,14+,16+/m0/s1. The van der Waals surface area contributed by atoms with Crippen LogP contribution < -0.4 is 4.74 Å². The molecule has 1 aromatic carbocycles. The smallest absolute Gasteiger partial charge is 0.260 e. The van der Waals surface area contributed by atoms with Crippen LogP contribution in [0.4, 0.5) is 0 Å². The second kappa shape index (κ2) is 6.45. The van der Waals surface area contributed by atoms with E-state index in [4.69, 9.17) is 14.2 Å². The van der Waals surface area contributed by atoms with Gasteiger partial charge in [-0.05, 0) is 25.0 Å². The zero-order chi connectivity index (χ0) is 14.7. The van der Waals surface area contributed by atoms with Crippen molar-refractivity contribution in [2.75, 3.05) is 26.9 Å². The summed E-state index contributed by atoms with van der Waals surface area (Å²) in [6, 6.07) is 9.54. The number of hydrogen-bond donors (Lipinski definition) is 0. The maximum Gasteiger partial charge on any atom is 0.260 e. The quantitative estimate of drug-likeness (QED) is 0.843. The Morgan fingerprint density at radius 3 is 2.90 bits per heavy atom. The number of amides is 1. The van der Waals surface area contributed by atoms with Crippen LogP contribution >= 0.6 is 0 Å². The molecule has 3 rings (SSSR count). The summed E-state index contributed by atoms with van der Waals surface area (Å²) < 4.78 is 16.8. The van der Waals surface area contributed by atoms with Gasteiger partial charge in [0.25, 0.3) is 5.91 Å². The molecule has 0 bridgehead atoms. The van der Waals surface area contributed by atoms with Crippen molar-refractivity contribution < 1.29 is 19.0 Å². The van der Waals surface area contributed by atoms with E-state index in [0.717, 1.165) is 18.6 Å². The van der Waals surface area contributed by atoms with Crippen LogP contribution in [0.2, 0.25) is 0 Å². The number of rotatable bonds is 4. The Bertz CT molecular complexity index is 478. The van der Waals surface area contributed by atoms with Gasteiger partial charge in [0.2, 0.25) is 0 Å². The van der Waals surface area contributed by atoms with Crippen molar-refractivity contribution >= 4 is 5.91 Å². The highest BCUT2D eigenvalue weighted by Gasteiger charge is 2.44. The summed E-state index contributed by atoms with van der Waals surface area (Å²) in [5, 5.41) is 0. The number of nitrogens with zero attached hydrogens (tertiary/aromatic N) is 1. The molecule has 1 aliphatic heterocycles. The average Bonchev–Trinajstić information content (AvgIpc) is 2.96. The summed E-state index contributed by atoms with van der Waals surface area (Å²) in [6.07, 6.45) is 1.97. The first-order chi connectivity index (χ1) is 10.3. The fourth-order valence-corrected chi connectivity index (χ4v) is 3.22. The highest BCUT2D eigenvalue weighted by atomic mass is 16.5. The van der Waals surface area contributed by atoms with Crippen molar-refractivity contribution in [2.24, 2.45) is 0 Å². The van der Waals surface area contributed by atoms with Crippen molar-refractivity contribution in [3.63, 3.8) is 0 Å². The zero-order valence-corrected chi connectivity index (χ0v) is 12.2. The number of morpholine rings is 1. The minimum absolute atomic E-state index is 0.00410. The van der Waals surface area contributed by atoms with E-state index >= 15 is 0 Å². The van der Waals surface area contributed by atoms with Crippen LogP contribution in [0, 0.1) is 0 Å². The molecule has 0 N–H and O–H groups in total. The number of carbonyl (C=O) groups is 1. The molecule has 1 saturated carbocycles. The number of benzene rings is 1. The van der Waals surface area contributed by atoms with Gasteiger partial charge in [-0.3, -0.25) is 4.79 Å². The molecule has 5 heteroatoms. The van der Waals surface area contributed by atoms with E-state index in [0.29, 0.717) is 13.2 Å². The predicted molar refractivity (Wildman–Crippen MR) is 77.2 cm³/mol. The largest absolute Gasteiger partial charge is 0.484 e. The van der Waals surface area contributed by atoms with E-state index in [1.165, 1.54) is 0 Å². The number of para-hydroxylation sites is 1. The van der Waals surface area contributed by atoms with Gasteiger partial charge in [-0.15, -0.1) is 0 Å². The van der Waals surface area contributed by atoms with Crippen LogP contribution in [0.15, 0.2) is 30.3 Å². The summed E-state index contributed by atoms with van der Waals surface area (Å²) in [4.78, 5) is 14.3. The molecule has 3 atom stereocenters. The maximum atomic E-state index is 12.4. The third kappa shape index (κ3) is 3.04. The molecule has 0 unspecified atom stereocenters. The first-order valence-corrected chi connectivity index (χ1v) is 7.41. The van der Waals surface area contributed by atoms with Gasteiger partial charge in [-0.2, -0.15) is 0 Å². The van der Waals surface area contributed by atoms with E-state index in [1.807, 2.05) is 35.2 Å². The maximum absolute atomic E-state index is 12.4. The normalized spacial score (nSPS) is 28.2. The summed E-state index contributed by atoms with van der Waals surface area (Å²) in [7, 11) is 1.70. The molecule has 0 spiro atoms. The van der Waals surface area contributed by atoms with Crippen molar-refractivity contribution in [1.82, 2.24) is 4.90 Å². The highest BCUT2D eigenvalue weighted by Crippen LogP contribution is 2.31. The highest BCUT2D eigenvalue weighted by molar-refractivity contribution is 5.78. The monoisotopic (exact) mass is 291 g/mol. The second-order valence-electron chi connectivity index (χ2n) is 5.44. The first kappa shape index (κ1) is 14.4. The third-order valence-corrected chi connectivity index (χ3v) is 4.26. The molecule has 0 aromatic heterocycles. The number of fused-ring (bicyclic) bond motifs is 1. The van der Waals surface area contributed by atoms with E-state index in [-0.39, 0.29) is 30.8 Å². The van der Waals surface area contributed by atoms with Gasteiger partial charge in [-0.1, -0.05) is 18.2 Å². The molecule has 21 heavy (non-hydrogen) atoms. The Balaban J connectivity index is 1.59. The van der Waals surface area contributed by atoms with Gasteiger partial charge < -0.3 is 19.1 Å². The van der Waals surface area contributed by atoms with Crippen molar-refractivity contribution in [3.05, 3.63) is 30.3 Å². The number of carbonyl (C=O) groups excluding carboxylic acids is 1. The lowest BCUT2D eigenvalue weighted by Gasteiger charge is -2.38. The van der Waals surface area contributed by atoms with Gasteiger partial charge in [0.15, 0.2) is 6.61 Å². The molecule has 114 valence electrons. The molecule has 1 aromatic rings.